The molecule has 3 aromatic heterocycles. The van der Waals surface area contributed by atoms with Crippen molar-refractivity contribution in [3.8, 4) is 0 Å². The second kappa shape index (κ2) is 51.2. The van der Waals surface area contributed by atoms with E-state index in [1.165, 1.54) is 69.3 Å². The lowest BCUT2D eigenvalue weighted by atomic mass is 9.90. The number of carbonyl (C=O) groups is 17. The van der Waals surface area contributed by atoms with Crippen LogP contribution in [0.4, 0.5) is 0 Å². The fraction of sp³-hybridized carbons (Fsp3) is 0.538. The molecule has 14 amide bonds. The summed E-state index contributed by atoms with van der Waals surface area (Å²) in [5.41, 5.74) is 20.3. The van der Waals surface area contributed by atoms with E-state index in [0.717, 1.165) is 21.6 Å². The first-order valence-electron chi connectivity index (χ1n) is 45.4. The number of para-hydroxylation sites is 2. The van der Waals surface area contributed by atoms with Crippen LogP contribution in [0.15, 0.2) is 104 Å². The normalized spacial score (nSPS) is 24.1. The van der Waals surface area contributed by atoms with Crippen LogP contribution in [0.2, 0.25) is 0 Å². The molecular weight excluding hydrogens is 1730 g/mol. The average molecular weight is 1860 g/mol. The number of thioether (sulfide) groups is 1. The summed E-state index contributed by atoms with van der Waals surface area (Å²) in [7, 11) is 5.38. The molecule has 19 N–H and O–H groups in total. The number of likely N-dealkylation sites (N-methyl/N-ethyl adjacent to an activating group) is 4. The van der Waals surface area contributed by atoms with Gasteiger partial charge in [-0.05, 0) is 93.5 Å². The van der Waals surface area contributed by atoms with Gasteiger partial charge in [0.05, 0.1) is 49.2 Å². The number of rotatable bonds is 27. The van der Waals surface area contributed by atoms with Gasteiger partial charge in [0.1, 0.15) is 54.4 Å². The van der Waals surface area contributed by atoms with Crippen molar-refractivity contribution in [1.82, 2.24) is 87.0 Å². The number of guanidine groups is 1. The number of imidazole rings is 1. The third-order valence-electron chi connectivity index (χ3n) is 24.5. The van der Waals surface area contributed by atoms with E-state index >= 15 is 38.4 Å². The minimum Gasteiger partial charge on any atom is -0.394 e. The number of nitrogens with zero attached hydrogens (tertiary/aromatic N) is 6. The molecule has 14 atom stereocenters. The van der Waals surface area contributed by atoms with E-state index in [4.69, 9.17) is 22.6 Å². The zero-order chi connectivity index (χ0) is 97.4. The van der Waals surface area contributed by atoms with Gasteiger partial charge in [-0.15, -0.1) is 11.8 Å². The van der Waals surface area contributed by atoms with Crippen LogP contribution in [0.25, 0.3) is 21.8 Å². The Morgan fingerprint density at radius 2 is 1.07 bits per heavy atom. The molecule has 0 spiro atoms. The van der Waals surface area contributed by atoms with Crippen molar-refractivity contribution in [2.75, 3.05) is 59.4 Å². The number of carbonyl (C=O) groups excluding carboxylic acids is 17. The molecule has 0 radical (unpaired) electrons. The Morgan fingerprint density at radius 3 is 1.65 bits per heavy atom. The standard InChI is InChI=1S/C93H131N21O18S/c1-11-13-31-73-77(117)43-57(26-22-36-99-93(96)97)84(124)109-72(76(116)34-35-79(94)119)50-133-51-81(121)103-68(39-56-24-16-15-17-25-56)89(129)111(8)55(6)83(123)105-70(45-80(95)120)91(131)114-37-23-33-74(114)78(118)44-58(40-61-48-98-52-102-61)85(125)106-67(38-53(3)4)88(128)110(7)54(5)82(122)104-66(41-59-46-100-64-29-20-18-27-62(59)64)86(126)108-71(49-115)87(127)107-69(42-60-47-101-65-30-21-19-28-63(60)65)90(130)113(10)75(32-14-12-2)92(132)112(73)9/h15-21,24-25,27-30,46-48,52-55,57-58,66-75,100-101,115H,11-14,22-23,26,31-45,49-51H2,1-10H3,(H2,94,119)(H2,95,120)(H,98,102)(H,103,121)(H,104,122)(H,105,123)(H,106,125)(H,107,127)(H,108,126)(H,109,124)(H4,96,97,99)/t54-,55-,57+,58+,66-,67-,68-,69-,70-,71-,72-,73-,74?,75-/m0/s1. The van der Waals surface area contributed by atoms with Gasteiger partial charge in [-0.3, -0.25) is 86.9 Å². The minimum absolute atomic E-state index is 0.000899. The van der Waals surface area contributed by atoms with Crippen LogP contribution in [0.3, 0.4) is 0 Å². The minimum atomic E-state index is -1.84. The van der Waals surface area contributed by atoms with Crippen LogP contribution >= 0.6 is 11.8 Å². The molecule has 1 unspecified atom stereocenters. The number of H-pyrrole nitrogens is 3. The first-order valence-corrected chi connectivity index (χ1v) is 46.5. The highest BCUT2D eigenvalue weighted by atomic mass is 32.2. The number of aliphatic hydroxyl groups excluding tert-OH is 1. The van der Waals surface area contributed by atoms with Crippen LogP contribution in [0.5, 0.6) is 0 Å². The number of hydrogen-bond donors (Lipinski definition) is 16. The lowest BCUT2D eigenvalue weighted by Gasteiger charge is -2.36. The molecule has 2 fully saturated rings. The first-order chi connectivity index (χ1) is 63.3. The summed E-state index contributed by atoms with van der Waals surface area (Å²) in [5.74, 6) is -17.9. The average Bonchev–Trinajstić information content (AvgIpc) is 1.78. The van der Waals surface area contributed by atoms with Gasteiger partial charge < -0.3 is 104 Å². The van der Waals surface area contributed by atoms with Crippen molar-refractivity contribution in [2.45, 2.75) is 242 Å². The first kappa shape index (κ1) is 105. The highest BCUT2D eigenvalue weighted by Gasteiger charge is 2.45. The van der Waals surface area contributed by atoms with Crippen LogP contribution < -0.4 is 59.7 Å². The van der Waals surface area contributed by atoms with Crippen LogP contribution in [-0.2, 0) is 107 Å². The van der Waals surface area contributed by atoms with Crippen molar-refractivity contribution in [3.05, 3.63) is 126 Å². The number of nitrogens with one attached hydrogen (secondary N) is 12. The number of amides is 14. The second-order valence-corrected chi connectivity index (χ2v) is 35.9. The maximum atomic E-state index is 15.7. The molecule has 5 heterocycles. The number of nitrogens with two attached hydrogens (primary N) is 3. The number of Topliss-reactive ketones (excluding diaryl/α,β-unsaturated/α-hetero) is 3. The van der Waals surface area contributed by atoms with Gasteiger partial charge in [0.15, 0.2) is 23.3 Å². The van der Waals surface area contributed by atoms with Gasteiger partial charge in [0, 0.05) is 150 Å². The smallest absolute Gasteiger partial charge is 0.246 e. The van der Waals surface area contributed by atoms with Gasteiger partial charge in [-0.2, -0.15) is 0 Å². The highest BCUT2D eigenvalue weighted by molar-refractivity contribution is 8.00. The van der Waals surface area contributed by atoms with Crippen LogP contribution in [0.1, 0.15) is 167 Å². The highest BCUT2D eigenvalue weighted by Crippen LogP contribution is 2.29. The molecule has 2 saturated heterocycles. The summed E-state index contributed by atoms with van der Waals surface area (Å²) in [6.07, 6.45) is 4.89. The van der Waals surface area contributed by atoms with Crippen molar-refractivity contribution >= 4 is 140 Å². The zero-order valence-corrected chi connectivity index (χ0v) is 78.2. The molecule has 0 bridgehead atoms. The summed E-state index contributed by atoms with van der Waals surface area (Å²) >= 11 is 0.859. The van der Waals surface area contributed by atoms with Crippen molar-refractivity contribution in [2.24, 2.45) is 35.0 Å². The van der Waals surface area contributed by atoms with Crippen LogP contribution in [-0.4, -0.2) is 287 Å². The van der Waals surface area contributed by atoms with Gasteiger partial charge >= 0.3 is 0 Å². The number of aromatic nitrogens is 4. The number of aromatic amines is 3. The molecule has 2 aliphatic rings. The van der Waals surface area contributed by atoms with Crippen LogP contribution in [0, 0.1) is 23.2 Å². The molecule has 3 aromatic carbocycles. The summed E-state index contributed by atoms with van der Waals surface area (Å²) < 4.78 is 0. The maximum absolute atomic E-state index is 15.7. The maximum Gasteiger partial charge on any atom is 0.246 e. The van der Waals surface area contributed by atoms with Gasteiger partial charge in [0.25, 0.3) is 0 Å². The molecular formula is C93H131N21O18S. The van der Waals surface area contributed by atoms with E-state index in [1.807, 2.05) is 13.8 Å². The second-order valence-electron chi connectivity index (χ2n) is 34.9. The Bertz CT molecular complexity index is 5080. The number of fused-ring (bicyclic) bond motifs is 3. The Morgan fingerprint density at radius 1 is 0.541 bits per heavy atom. The van der Waals surface area contributed by atoms with Gasteiger partial charge in [-0.1, -0.05) is 120 Å². The van der Waals surface area contributed by atoms with E-state index in [-0.39, 0.29) is 101 Å². The summed E-state index contributed by atoms with van der Waals surface area (Å²) in [6.45, 7) is 8.98. The van der Waals surface area contributed by atoms with E-state index in [9.17, 15) is 48.3 Å². The summed E-state index contributed by atoms with van der Waals surface area (Å²) in [4.78, 5) is 269. The number of primary amides is 2. The lowest BCUT2D eigenvalue weighted by molar-refractivity contribution is -0.149. The van der Waals surface area contributed by atoms with Crippen molar-refractivity contribution in [3.63, 3.8) is 0 Å². The fourth-order valence-corrected chi connectivity index (χ4v) is 17.5. The van der Waals surface area contributed by atoms with E-state index in [2.05, 4.69) is 62.5 Å². The van der Waals surface area contributed by atoms with Crippen molar-refractivity contribution in [1.29, 1.82) is 5.41 Å². The SMILES string of the molecule is CCCC[C@H]1C(=O)N(C)[C@@H](CCCC)C(=O)C[C@@H](CCCNC(=N)N)C(=O)N[C@H](C(=O)CCC(N)=O)CSCC(=O)N[C@@H](Cc2ccccc2)C(=O)N(C)[C@@H](C)C(=O)N[C@@H](CC(N)=O)C(=O)N2CCCC2C(=O)C[C@@H](Cc2cnc[nH]2)C(=O)N[C@@H](CC(C)C)C(=O)N(C)[C@@H](C)C(=O)N[C@@H](Cc2c[nH]c3ccccc23)C(=O)N[C@@H](CO)C(=O)N[C@@H](Cc2c[nH]c3ccccc23)C(=O)N1C. The molecule has 0 saturated carbocycles. The largest absolute Gasteiger partial charge is 0.394 e. The van der Waals surface area contributed by atoms with Gasteiger partial charge in [-0.25, -0.2) is 4.98 Å². The predicted octanol–water partition coefficient (Wildman–Crippen LogP) is 1.66. The topological polar surface area (TPSA) is 585 Å². The third kappa shape index (κ3) is 30.3. The van der Waals surface area contributed by atoms with Gasteiger partial charge in [0.2, 0.25) is 82.7 Å². The molecule has 40 heteroatoms. The zero-order valence-electron chi connectivity index (χ0n) is 77.4. The predicted molar refractivity (Wildman–Crippen MR) is 498 cm³/mol. The monoisotopic (exact) mass is 1860 g/mol. The van der Waals surface area contributed by atoms with E-state index in [0.29, 0.717) is 69.9 Å². The van der Waals surface area contributed by atoms with E-state index in [1.54, 1.807) is 105 Å². The third-order valence-corrected chi connectivity index (χ3v) is 25.6. The number of aliphatic hydroxyl groups is 1. The molecule has 0 aliphatic carbocycles. The van der Waals surface area contributed by atoms with Crippen molar-refractivity contribution < 1.29 is 86.6 Å². The Balaban J connectivity index is 1.19. The van der Waals surface area contributed by atoms with E-state index < -0.39 is 229 Å². The summed E-state index contributed by atoms with van der Waals surface area (Å²) in [6, 6.07) is 5.24. The Labute approximate surface area is 777 Å². The molecule has 133 heavy (non-hydrogen) atoms. The molecule has 722 valence electrons. The number of hydrogen-bond acceptors (Lipinski definition) is 21. The number of unbranched alkanes of at least 4 members (excludes halogenated alkanes) is 2. The molecule has 2 aliphatic heterocycles. The lowest BCUT2D eigenvalue weighted by Crippen LogP contribution is -2.61. The number of benzene rings is 3. The Hall–Kier alpha value is -12.9. The molecule has 6 aromatic rings. The Kier molecular flexibility index (Phi) is 40.6. The molecule has 8 rings (SSSR count). The summed E-state index contributed by atoms with van der Waals surface area (Å²) in [5, 5.41) is 42.1. The molecule has 39 nitrogen and oxygen atoms in total. The fourth-order valence-electron chi connectivity index (χ4n) is 16.6. The number of ketones is 3. The quantitative estimate of drug-likeness (QED) is 0.0198.